The van der Waals surface area contributed by atoms with Crippen molar-refractivity contribution in [3.8, 4) is 0 Å². The van der Waals surface area contributed by atoms with Crippen LogP contribution in [0.2, 0.25) is 0 Å². The first-order valence-corrected chi connectivity index (χ1v) is 11.2. The lowest BCUT2D eigenvalue weighted by molar-refractivity contribution is -0.0360. The van der Waals surface area contributed by atoms with Gasteiger partial charge < -0.3 is 9.64 Å². The lowest BCUT2D eigenvalue weighted by Crippen LogP contribution is -2.35. The Bertz CT molecular complexity index is 627. The van der Waals surface area contributed by atoms with Crippen molar-refractivity contribution < 1.29 is 4.74 Å². The highest BCUT2D eigenvalue weighted by Crippen LogP contribution is 2.32. The second kappa shape index (κ2) is 10.5. The van der Waals surface area contributed by atoms with Crippen molar-refractivity contribution in [3.05, 3.63) is 47.2 Å². The number of hydrogen-bond donors (Lipinski definition) is 0. The van der Waals surface area contributed by atoms with Gasteiger partial charge in [-0.2, -0.15) is 0 Å². The quantitative estimate of drug-likeness (QED) is 0.469. The summed E-state index contributed by atoms with van der Waals surface area (Å²) in [6.45, 7) is 27.1. The van der Waals surface area contributed by atoms with Crippen molar-refractivity contribution in [1.82, 2.24) is 4.90 Å². The number of hydrogen-bond acceptors (Lipinski definition) is 2. The number of fused-ring (bicyclic) bond motifs is 1. The summed E-state index contributed by atoms with van der Waals surface area (Å²) in [6, 6.07) is 6.83. The van der Waals surface area contributed by atoms with Crippen molar-refractivity contribution in [1.29, 1.82) is 0 Å². The van der Waals surface area contributed by atoms with Gasteiger partial charge in [0.2, 0.25) is 0 Å². The minimum absolute atomic E-state index is 0.170. The van der Waals surface area contributed by atoms with Crippen LogP contribution in [0.15, 0.2) is 30.5 Å². The third-order valence-corrected chi connectivity index (χ3v) is 6.25. The molecule has 0 fully saturated rings. The van der Waals surface area contributed by atoms with E-state index in [2.05, 4.69) is 78.1 Å². The topological polar surface area (TPSA) is 12.5 Å². The van der Waals surface area contributed by atoms with Crippen LogP contribution in [0.3, 0.4) is 0 Å². The van der Waals surface area contributed by atoms with E-state index in [9.17, 15) is 0 Å². The van der Waals surface area contributed by atoms with Gasteiger partial charge in [-0.1, -0.05) is 71.9 Å². The Labute approximate surface area is 175 Å². The van der Waals surface area contributed by atoms with Crippen LogP contribution < -0.4 is 0 Å². The maximum atomic E-state index is 6.28. The average molecular weight is 388 g/mol. The van der Waals surface area contributed by atoms with Gasteiger partial charge >= 0.3 is 0 Å². The van der Waals surface area contributed by atoms with E-state index in [0.717, 1.165) is 39.0 Å². The number of aryl methyl sites for hydroxylation is 1. The van der Waals surface area contributed by atoms with E-state index in [4.69, 9.17) is 4.74 Å². The second-order valence-corrected chi connectivity index (χ2v) is 9.69. The van der Waals surface area contributed by atoms with Crippen LogP contribution in [-0.4, -0.2) is 23.7 Å². The molecule has 1 aromatic rings. The standard InChI is InChI=1S/C24H39NO.C2H6/c1-18(2)23(5,6)12-14-26-24(7,8)16-20(4)25-13-11-21-10-9-19(3)15-22(21)17-25;1-2/h9-10,15,18H,4,11-14,16-17H2,1-3,5-8H3;1-2H3. The fourth-order valence-electron chi connectivity index (χ4n) is 3.49. The second-order valence-electron chi connectivity index (χ2n) is 9.69. The van der Waals surface area contributed by atoms with Crippen molar-refractivity contribution in [3.63, 3.8) is 0 Å². The summed E-state index contributed by atoms with van der Waals surface area (Å²) in [5, 5.41) is 0. The van der Waals surface area contributed by atoms with Gasteiger partial charge in [0.15, 0.2) is 0 Å². The first kappa shape index (κ1) is 24.8. The van der Waals surface area contributed by atoms with Crippen LogP contribution in [0.25, 0.3) is 0 Å². The number of ether oxygens (including phenoxy) is 1. The van der Waals surface area contributed by atoms with Gasteiger partial charge in [-0.15, -0.1) is 0 Å². The fraction of sp³-hybridized carbons (Fsp3) is 0.692. The van der Waals surface area contributed by atoms with E-state index in [1.165, 1.54) is 22.4 Å². The molecule has 2 nitrogen and oxygen atoms in total. The number of rotatable bonds is 8. The maximum absolute atomic E-state index is 6.28. The Kier molecular flexibility index (Phi) is 9.27. The molecule has 0 spiro atoms. The van der Waals surface area contributed by atoms with Crippen LogP contribution in [0.1, 0.15) is 84.9 Å². The van der Waals surface area contributed by atoms with E-state index in [1.54, 1.807) is 0 Å². The van der Waals surface area contributed by atoms with Gasteiger partial charge in [-0.05, 0) is 56.1 Å². The Morgan fingerprint density at radius 2 is 1.79 bits per heavy atom. The van der Waals surface area contributed by atoms with Crippen molar-refractivity contribution in [2.24, 2.45) is 11.3 Å². The first-order chi connectivity index (χ1) is 13.0. The summed E-state index contributed by atoms with van der Waals surface area (Å²) in [5.74, 6) is 0.668. The highest BCUT2D eigenvalue weighted by Gasteiger charge is 2.27. The molecule has 0 saturated carbocycles. The minimum atomic E-state index is -0.170. The van der Waals surface area contributed by atoms with Gasteiger partial charge in [-0.3, -0.25) is 0 Å². The molecular weight excluding hydrogens is 342 g/mol. The zero-order valence-corrected chi connectivity index (χ0v) is 20.1. The maximum Gasteiger partial charge on any atom is 0.0680 e. The summed E-state index contributed by atoms with van der Waals surface area (Å²) in [6.07, 6.45) is 3.09. The van der Waals surface area contributed by atoms with Crippen LogP contribution in [0, 0.1) is 18.3 Å². The fourth-order valence-corrected chi connectivity index (χ4v) is 3.49. The lowest BCUT2D eigenvalue weighted by atomic mass is 9.78. The molecule has 0 N–H and O–H groups in total. The van der Waals surface area contributed by atoms with Gasteiger partial charge in [0.25, 0.3) is 0 Å². The average Bonchev–Trinajstić information content (AvgIpc) is 2.61. The molecule has 0 radical (unpaired) electrons. The van der Waals surface area contributed by atoms with Gasteiger partial charge in [0, 0.05) is 31.8 Å². The lowest BCUT2D eigenvalue weighted by Gasteiger charge is -2.37. The Morgan fingerprint density at radius 3 is 2.39 bits per heavy atom. The summed E-state index contributed by atoms with van der Waals surface area (Å²) in [4.78, 5) is 2.44. The van der Waals surface area contributed by atoms with Crippen molar-refractivity contribution in [2.45, 2.75) is 93.7 Å². The van der Waals surface area contributed by atoms with Crippen LogP contribution >= 0.6 is 0 Å². The van der Waals surface area contributed by atoms with Crippen LogP contribution in [0.4, 0.5) is 0 Å². The Balaban J connectivity index is 0.00000190. The largest absolute Gasteiger partial charge is 0.375 e. The van der Waals surface area contributed by atoms with E-state index in [-0.39, 0.29) is 5.60 Å². The highest BCUT2D eigenvalue weighted by atomic mass is 16.5. The van der Waals surface area contributed by atoms with Crippen molar-refractivity contribution in [2.75, 3.05) is 13.2 Å². The molecule has 2 rings (SSSR count). The molecule has 0 bridgehead atoms. The smallest absolute Gasteiger partial charge is 0.0680 e. The molecule has 0 amide bonds. The SMILES string of the molecule is C=C(CC(C)(C)OCCC(C)(C)C(C)C)N1CCc2ccc(C)cc2C1.CC. The molecule has 2 heteroatoms. The molecular formula is C26H45NO. The van der Waals surface area contributed by atoms with Crippen molar-refractivity contribution >= 4 is 0 Å². The summed E-state index contributed by atoms with van der Waals surface area (Å²) >= 11 is 0. The van der Waals surface area contributed by atoms with Gasteiger partial charge in [0.1, 0.15) is 0 Å². The van der Waals surface area contributed by atoms with E-state index in [1.807, 2.05) is 13.8 Å². The molecule has 28 heavy (non-hydrogen) atoms. The predicted octanol–water partition coefficient (Wildman–Crippen LogP) is 7.15. The van der Waals surface area contributed by atoms with Gasteiger partial charge in [-0.25, -0.2) is 0 Å². The molecule has 1 aliphatic heterocycles. The van der Waals surface area contributed by atoms with E-state index in [0.29, 0.717) is 11.3 Å². The zero-order chi connectivity index (χ0) is 21.5. The molecule has 1 aliphatic rings. The molecule has 0 saturated heterocycles. The van der Waals surface area contributed by atoms with E-state index >= 15 is 0 Å². The number of benzene rings is 1. The molecule has 0 aromatic heterocycles. The molecule has 0 aliphatic carbocycles. The zero-order valence-electron chi connectivity index (χ0n) is 20.1. The van der Waals surface area contributed by atoms with E-state index < -0.39 is 0 Å². The van der Waals surface area contributed by atoms with Crippen LogP contribution in [-0.2, 0) is 17.7 Å². The summed E-state index contributed by atoms with van der Waals surface area (Å²) in [7, 11) is 0. The normalized spacial score (nSPS) is 14.4. The summed E-state index contributed by atoms with van der Waals surface area (Å²) in [5.41, 5.74) is 5.64. The first-order valence-electron chi connectivity index (χ1n) is 11.2. The monoisotopic (exact) mass is 387 g/mol. The summed E-state index contributed by atoms with van der Waals surface area (Å²) < 4.78 is 6.28. The highest BCUT2D eigenvalue weighted by molar-refractivity contribution is 5.34. The third-order valence-electron chi connectivity index (χ3n) is 6.25. The van der Waals surface area contributed by atoms with Crippen LogP contribution in [0.5, 0.6) is 0 Å². The molecule has 0 atom stereocenters. The predicted molar refractivity (Wildman–Crippen MR) is 124 cm³/mol. The Morgan fingerprint density at radius 1 is 1.14 bits per heavy atom. The molecule has 160 valence electrons. The molecule has 1 aromatic carbocycles. The molecule has 0 unspecified atom stereocenters. The third kappa shape index (κ3) is 7.28. The molecule has 1 heterocycles. The van der Waals surface area contributed by atoms with Gasteiger partial charge in [0.05, 0.1) is 5.60 Å². The minimum Gasteiger partial charge on any atom is -0.375 e. The Hall–Kier alpha value is -1.28. The number of nitrogens with zero attached hydrogens (tertiary/aromatic N) is 1.